The number of benzene rings is 2. The first-order chi connectivity index (χ1) is 11.4. The van der Waals surface area contributed by atoms with Crippen LogP contribution in [0.25, 0.3) is 0 Å². The van der Waals surface area contributed by atoms with Crippen molar-refractivity contribution in [3.8, 4) is 5.75 Å². The maximum Gasteiger partial charge on any atom is 0.254 e. The van der Waals surface area contributed by atoms with E-state index in [0.29, 0.717) is 11.3 Å². The van der Waals surface area contributed by atoms with Crippen LogP contribution in [0.5, 0.6) is 5.75 Å². The first-order valence-corrected chi connectivity index (χ1v) is 9.21. The number of hydrogen-bond donors (Lipinski definition) is 0. The zero-order valence-electron chi connectivity index (χ0n) is 13.6. The largest absolute Gasteiger partial charge is 0.497 e. The van der Waals surface area contributed by atoms with Crippen LogP contribution >= 0.6 is 0 Å². The monoisotopic (exact) mass is 345 g/mol. The highest BCUT2D eigenvalue weighted by Crippen LogP contribution is 2.26. The number of hydrogen-bond acceptors (Lipinski definition) is 4. The summed E-state index contributed by atoms with van der Waals surface area (Å²) in [5, 5.41) is -0.557. The summed E-state index contributed by atoms with van der Waals surface area (Å²) in [6.07, 6.45) is 0. The Kier molecular flexibility index (Phi) is 4.32. The van der Waals surface area contributed by atoms with Crippen LogP contribution in [0.3, 0.4) is 0 Å². The normalized spacial score (nSPS) is 15.0. The summed E-state index contributed by atoms with van der Waals surface area (Å²) in [5.74, 6) is 0.494. The lowest BCUT2D eigenvalue weighted by atomic mass is 10.1. The first kappa shape index (κ1) is 16.5. The molecule has 1 aliphatic rings. The van der Waals surface area contributed by atoms with Gasteiger partial charge in [0.25, 0.3) is 5.91 Å². The second-order valence-corrected chi connectivity index (χ2v) is 8.10. The Morgan fingerprint density at radius 2 is 1.71 bits per heavy atom. The Balaban J connectivity index is 1.71. The quantitative estimate of drug-likeness (QED) is 0.853. The molecule has 1 aliphatic heterocycles. The highest BCUT2D eigenvalue weighted by Gasteiger charge is 2.40. The molecule has 0 atom stereocenters. The third-order valence-electron chi connectivity index (χ3n) is 4.34. The molecule has 0 bridgehead atoms. The molecule has 1 heterocycles. The first-order valence-electron chi connectivity index (χ1n) is 7.66. The predicted octanol–water partition coefficient (Wildman–Crippen LogP) is 2.30. The van der Waals surface area contributed by atoms with Crippen molar-refractivity contribution in [3.05, 3.63) is 59.7 Å². The minimum Gasteiger partial charge on any atom is -0.497 e. The highest BCUT2D eigenvalue weighted by atomic mass is 32.2. The second-order valence-electron chi connectivity index (χ2n) is 5.87. The number of rotatable bonds is 4. The molecule has 5 nitrogen and oxygen atoms in total. The van der Waals surface area contributed by atoms with Gasteiger partial charge in [-0.25, -0.2) is 8.42 Å². The molecule has 2 aromatic carbocycles. The number of ether oxygens (including phenoxy) is 1. The van der Waals surface area contributed by atoms with Crippen molar-refractivity contribution < 1.29 is 17.9 Å². The highest BCUT2D eigenvalue weighted by molar-refractivity contribution is 7.92. The Hall–Kier alpha value is -2.34. The van der Waals surface area contributed by atoms with E-state index in [1.54, 1.807) is 35.2 Å². The topological polar surface area (TPSA) is 63.7 Å². The Bertz CT molecular complexity index is 853. The molecule has 1 saturated heterocycles. The van der Waals surface area contributed by atoms with E-state index in [9.17, 15) is 13.2 Å². The van der Waals surface area contributed by atoms with E-state index < -0.39 is 15.1 Å². The smallest absolute Gasteiger partial charge is 0.254 e. The van der Waals surface area contributed by atoms with Crippen LogP contribution in [-0.4, -0.2) is 44.7 Å². The average molecular weight is 345 g/mol. The number of nitrogens with zero attached hydrogens (tertiary/aromatic N) is 1. The summed E-state index contributed by atoms with van der Waals surface area (Å²) >= 11 is 0. The van der Waals surface area contributed by atoms with Gasteiger partial charge < -0.3 is 9.64 Å². The fraction of sp³-hybridized carbons (Fsp3) is 0.278. The molecular weight excluding hydrogens is 326 g/mol. The van der Waals surface area contributed by atoms with Gasteiger partial charge in [0, 0.05) is 18.7 Å². The second kappa shape index (κ2) is 6.28. The molecule has 0 unspecified atom stereocenters. The molecule has 0 spiro atoms. The Morgan fingerprint density at radius 3 is 2.29 bits per heavy atom. The third-order valence-corrected chi connectivity index (χ3v) is 6.44. The third kappa shape index (κ3) is 2.89. The van der Waals surface area contributed by atoms with Gasteiger partial charge in [-0.3, -0.25) is 4.79 Å². The zero-order valence-corrected chi connectivity index (χ0v) is 14.4. The summed E-state index contributed by atoms with van der Waals surface area (Å²) < 4.78 is 30.3. The van der Waals surface area contributed by atoms with Crippen LogP contribution in [0.15, 0.2) is 53.4 Å². The van der Waals surface area contributed by atoms with Crippen LogP contribution in [0.1, 0.15) is 15.9 Å². The number of amides is 1. The zero-order chi connectivity index (χ0) is 17.3. The van der Waals surface area contributed by atoms with Gasteiger partial charge in [0.1, 0.15) is 11.0 Å². The van der Waals surface area contributed by atoms with Crippen molar-refractivity contribution in [1.29, 1.82) is 0 Å². The minimum absolute atomic E-state index is 0.116. The minimum atomic E-state index is -3.44. The van der Waals surface area contributed by atoms with Gasteiger partial charge in [-0.05, 0) is 42.8 Å². The maximum atomic E-state index is 12.6. The van der Waals surface area contributed by atoms with Gasteiger partial charge in [-0.2, -0.15) is 0 Å². The molecule has 0 N–H and O–H groups in total. The van der Waals surface area contributed by atoms with E-state index in [1.165, 1.54) is 7.11 Å². The summed E-state index contributed by atoms with van der Waals surface area (Å²) in [6, 6.07) is 13.7. The predicted molar refractivity (Wildman–Crippen MR) is 91.1 cm³/mol. The van der Waals surface area contributed by atoms with Gasteiger partial charge in [0.2, 0.25) is 0 Å². The molecule has 126 valence electrons. The molecule has 0 saturated carbocycles. The van der Waals surface area contributed by atoms with Crippen LogP contribution in [0, 0.1) is 6.92 Å². The van der Waals surface area contributed by atoms with Crippen molar-refractivity contribution in [2.75, 3.05) is 20.2 Å². The maximum absolute atomic E-state index is 12.6. The van der Waals surface area contributed by atoms with Gasteiger partial charge in [0.15, 0.2) is 9.84 Å². The van der Waals surface area contributed by atoms with Gasteiger partial charge in [0.05, 0.1) is 12.0 Å². The Morgan fingerprint density at radius 1 is 1.08 bits per heavy atom. The number of sulfone groups is 1. The molecule has 1 fully saturated rings. The number of carbonyl (C=O) groups is 1. The number of aryl methyl sites for hydroxylation is 1. The lowest BCUT2D eigenvalue weighted by molar-refractivity contribution is 0.0658. The molecule has 0 radical (unpaired) electrons. The van der Waals surface area contributed by atoms with E-state index in [0.717, 1.165) is 5.56 Å². The Labute approximate surface area is 141 Å². The van der Waals surface area contributed by atoms with Crippen molar-refractivity contribution >= 4 is 15.7 Å². The fourth-order valence-corrected chi connectivity index (χ4v) is 4.39. The van der Waals surface area contributed by atoms with Crippen molar-refractivity contribution in [3.63, 3.8) is 0 Å². The van der Waals surface area contributed by atoms with Crippen molar-refractivity contribution in [2.45, 2.75) is 17.1 Å². The van der Waals surface area contributed by atoms with E-state index in [4.69, 9.17) is 4.74 Å². The standard InChI is InChI=1S/C18H19NO4S/c1-13-5-3-4-6-17(13)18(20)19-11-16(12-19)24(21,22)15-9-7-14(23-2)8-10-15/h3-10,16H,11-12H2,1-2H3. The van der Waals surface area contributed by atoms with E-state index >= 15 is 0 Å². The molecule has 2 aromatic rings. The fourth-order valence-electron chi connectivity index (χ4n) is 2.74. The number of carbonyl (C=O) groups excluding carboxylic acids is 1. The van der Waals surface area contributed by atoms with Crippen LogP contribution in [0.2, 0.25) is 0 Å². The lowest BCUT2D eigenvalue weighted by Gasteiger charge is -2.38. The lowest BCUT2D eigenvalue weighted by Crippen LogP contribution is -2.56. The summed E-state index contributed by atoms with van der Waals surface area (Å²) in [5.41, 5.74) is 1.52. The van der Waals surface area contributed by atoms with Gasteiger partial charge in [-0.15, -0.1) is 0 Å². The van der Waals surface area contributed by atoms with Crippen molar-refractivity contribution in [2.24, 2.45) is 0 Å². The molecule has 0 aliphatic carbocycles. The van der Waals surface area contributed by atoms with E-state index in [2.05, 4.69) is 0 Å². The van der Waals surface area contributed by atoms with E-state index in [-0.39, 0.29) is 23.9 Å². The molecule has 6 heteroatoms. The molecule has 3 rings (SSSR count). The summed E-state index contributed by atoms with van der Waals surface area (Å²) in [4.78, 5) is 14.3. The molecule has 1 amide bonds. The number of methoxy groups -OCH3 is 1. The summed E-state index contributed by atoms with van der Waals surface area (Å²) in [6.45, 7) is 2.32. The summed E-state index contributed by atoms with van der Waals surface area (Å²) in [7, 11) is -1.90. The van der Waals surface area contributed by atoms with Crippen LogP contribution in [0.4, 0.5) is 0 Å². The molecular formula is C18H19NO4S. The van der Waals surface area contributed by atoms with Crippen LogP contribution < -0.4 is 4.74 Å². The van der Waals surface area contributed by atoms with E-state index in [1.807, 2.05) is 25.1 Å². The van der Waals surface area contributed by atoms with Gasteiger partial charge >= 0.3 is 0 Å². The number of likely N-dealkylation sites (tertiary alicyclic amines) is 1. The van der Waals surface area contributed by atoms with Gasteiger partial charge in [-0.1, -0.05) is 18.2 Å². The molecule has 24 heavy (non-hydrogen) atoms. The average Bonchev–Trinajstić information content (AvgIpc) is 2.53. The molecule has 0 aromatic heterocycles. The SMILES string of the molecule is COc1ccc(S(=O)(=O)C2CN(C(=O)c3ccccc3C)C2)cc1. The van der Waals surface area contributed by atoms with Crippen molar-refractivity contribution in [1.82, 2.24) is 4.90 Å². The van der Waals surface area contributed by atoms with Crippen LogP contribution in [-0.2, 0) is 9.84 Å².